The van der Waals surface area contributed by atoms with Crippen molar-refractivity contribution in [3.63, 3.8) is 0 Å². The summed E-state index contributed by atoms with van der Waals surface area (Å²) in [6.45, 7) is 4.82. The van der Waals surface area contributed by atoms with Crippen molar-refractivity contribution < 1.29 is 9.47 Å². The molecule has 17 heavy (non-hydrogen) atoms. The highest BCUT2D eigenvalue weighted by Gasteiger charge is 2.38. The molecule has 1 heterocycles. The SMILES string of the molecule is CCOc1cc2c(cc1[C@@H]1C[C@@H]1N)O[C@H](C)C2. The molecular formula is C14H19NO2. The van der Waals surface area contributed by atoms with Crippen molar-refractivity contribution in [3.8, 4) is 11.5 Å². The summed E-state index contributed by atoms with van der Waals surface area (Å²) in [7, 11) is 0. The molecule has 0 spiro atoms. The van der Waals surface area contributed by atoms with Gasteiger partial charge < -0.3 is 15.2 Å². The molecule has 0 aromatic heterocycles. The molecule has 0 saturated heterocycles. The van der Waals surface area contributed by atoms with Crippen molar-refractivity contribution in [1.82, 2.24) is 0 Å². The first kappa shape index (κ1) is 10.9. The summed E-state index contributed by atoms with van der Waals surface area (Å²) in [6, 6.07) is 4.58. The van der Waals surface area contributed by atoms with Gasteiger partial charge in [-0.05, 0) is 32.4 Å². The Hall–Kier alpha value is -1.22. The van der Waals surface area contributed by atoms with Gasteiger partial charge in [0, 0.05) is 29.5 Å². The zero-order valence-electron chi connectivity index (χ0n) is 10.4. The van der Waals surface area contributed by atoms with E-state index in [1.54, 1.807) is 0 Å². The summed E-state index contributed by atoms with van der Waals surface area (Å²) in [5, 5.41) is 0. The van der Waals surface area contributed by atoms with E-state index in [0.717, 1.165) is 24.3 Å². The Labute approximate surface area is 102 Å². The lowest BCUT2D eigenvalue weighted by Gasteiger charge is -2.12. The molecule has 1 aromatic carbocycles. The van der Waals surface area contributed by atoms with E-state index in [1.807, 2.05) is 6.92 Å². The van der Waals surface area contributed by atoms with E-state index in [2.05, 4.69) is 19.1 Å². The summed E-state index contributed by atoms with van der Waals surface area (Å²) < 4.78 is 11.5. The van der Waals surface area contributed by atoms with Gasteiger partial charge in [-0.2, -0.15) is 0 Å². The fourth-order valence-corrected chi connectivity index (χ4v) is 2.60. The molecule has 1 aliphatic carbocycles. The van der Waals surface area contributed by atoms with Crippen molar-refractivity contribution in [2.45, 2.75) is 44.8 Å². The Kier molecular flexibility index (Phi) is 2.51. The Morgan fingerprint density at radius 3 is 2.88 bits per heavy atom. The van der Waals surface area contributed by atoms with E-state index in [-0.39, 0.29) is 6.10 Å². The monoisotopic (exact) mass is 233 g/mol. The molecule has 2 aliphatic rings. The van der Waals surface area contributed by atoms with E-state index in [9.17, 15) is 0 Å². The minimum Gasteiger partial charge on any atom is -0.494 e. The normalized spacial score (nSPS) is 29.7. The second-order valence-electron chi connectivity index (χ2n) is 5.07. The molecule has 0 unspecified atom stereocenters. The Morgan fingerprint density at radius 2 is 2.24 bits per heavy atom. The van der Waals surface area contributed by atoms with Crippen molar-refractivity contribution in [1.29, 1.82) is 0 Å². The average Bonchev–Trinajstić information content (AvgIpc) is 2.87. The van der Waals surface area contributed by atoms with Gasteiger partial charge in [0.2, 0.25) is 0 Å². The third kappa shape index (κ3) is 1.89. The second-order valence-corrected chi connectivity index (χ2v) is 5.07. The summed E-state index contributed by atoms with van der Waals surface area (Å²) in [6.07, 6.45) is 2.32. The third-order valence-electron chi connectivity index (χ3n) is 3.57. The van der Waals surface area contributed by atoms with Crippen LogP contribution in [-0.2, 0) is 6.42 Å². The largest absolute Gasteiger partial charge is 0.494 e. The minimum atomic E-state index is 0.280. The summed E-state index contributed by atoms with van der Waals surface area (Å²) >= 11 is 0. The smallest absolute Gasteiger partial charge is 0.123 e. The Morgan fingerprint density at radius 1 is 1.47 bits per heavy atom. The van der Waals surface area contributed by atoms with Gasteiger partial charge in [0.25, 0.3) is 0 Å². The molecule has 3 heteroatoms. The molecule has 3 nitrogen and oxygen atoms in total. The van der Waals surface area contributed by atoms with E-state index in [4.69, 9.17) is 15.2 Å². The zero-order chi connectivity index (χ0) is 12.0. The maximum atomic E-state index is 5.94. The van der Waals surface area contributed by atoms with Crippen molar-refractivity contribution in [2.75, 3.05) is 6.61 Å². The lowest BCUT2D eigenvalue weighted by Crippen LogP contribution is -2.05. The lowest BCUT2D eigenvalue weighted by molar-refractivity contribution is 0.254. The van der Waals surface area contributed by atoms with Crippen LogP contribution in [0.5, 0.6) is 11.5 Å². The van der Waals surface area contributed by atoms with Crippen LogP contribution in [0.2, 0.25) is 0 Å². The first-order chi connectivity index (χ1) is 8.19. The molecule has 3 atom stereocenters. The average molecular weight is 233 g/mol. The molecule has 0 amide bonds. The number of nitrogens with two attached hydrogens (primary N) is 1. The molecule has 1 saturated carbocycles. The maximum Gasteiger partial charge on any atom is 0.123 e. The van der Waals surface area contributed by atoms with Gasteiger partial charge in [-0.1, -0.05) is 0 Å². The quantitative estimate of drug-likeness (QED) is 0.870. The van der Waals surface area contributed by atoms with Gasteiger partial charge in [0.15, 0.2) is 0 Å². The first-order valence-corrected chi connectivity index (χ1v) is 6.41. The number of hydrogen-bond donors (Lipinski definition) is 1. The fraction of sp³-hybridized carbons (Fsp3) is 0.571. The van der Waals surface area contributed by atoms with Gasteiger partial charge in [-0.25, -0.2) is 0 Å². The van der Waals surface area contributed by atoms with Crippen LogP contribution in [0, 0.1) is 0 Å². The lowest BCUT2D eigenvalue weighted by atomic mass is 10.0. The highest BCUT2D eigenvalue weighted by Crippen LogP contribution is 2.47. The van der Waals surface area contributed by atoms with Crippen LogP contribution in [0.15, 0.2) is 12.1 Å². The summed E-state index contributed by atoms with van der Waals surface area (Å²) in [4.78, 5) is 0. The van der Waals surface area contributed by atoms with Gasteiger partial charge >= 0.3 is 0 Å². The van der Waals surface area contributed by atoms with Gasteiger partial charge in [0.1, 0.15) is 17.6 Å². The molecule has 2 N–H and O–H groups in total. The van der Waals surface area contributed by atoms with Crippen LogP contribution in [0.4, 0.5) is 0 Å². The van der Waals surface area contributed by atoms with Crippen LogP contribution in [-0.4, -0.2) is 18.8 Å². The van der Waals surface area contributed by atoms with Gasteiger partial charge in [0.05, 0.1) is 6.61 Å². The highest BCUT2D eigenvalue weighted by atomic mass is 16.5. The van der Waals surface area contributed by atoms with Crippen LogP contribution < -0.4 is 15.2 Å². The standard InChI is InChI=1S/C14H19NO2/c1-3-16-14-5-9-4-8(2)17-13(9)7-11(14)10-6-12(10)15/h5,7-8,10,12H,3-4,6,15H2,1-2H3/t8-,10+,12+/m1/s1. The molecular weight excluding hydrogens is 214 g/mol. The zero-order valence-corrected chi connectivity index (χ0v) is 10.4. The van der Waals surface area contributed by atoms with E-state index in [0.29, 0.717) is 18.6 Å². The highest BCUT2D eigenvalue weighted by molar-refractivity contribution is 5.52. The number of hydrogen-bond acceptors (Lipinski definition) is 3. The van der Waals surface area contributed by atoms with Gasteiger partial charge in [-0.15, -0.1) is 0 Å². The Bertz CT molecular complexity index is 444. The molecule has 0 radical (unpaired) electrons. The topological polar surface area (TPSA) is 44.5 Å². The predicted molar refractivity (Wildman–Crippen MR) is 66.7 cm³/mol. The summed E-state index contributed by atoms with van der Waals surface area (Å²) in [5.41, 5.74) is 8.43. The van der Waals surface area contributed by atoms with Crippen molar-refractivity contribution in [3.05, 3.63) is 23.3 Å². The third-order valence-corrected chi connectivity index (χ3v) is 3.57. The molecule has 92 valence electrons. The number of rotatable bonds is 3. The molecule has 1 aromatic rings. The predicted octanol–water partition coefficient (Wildman–Crippen LogP) is 2.22. The van der Waals surface area contributed by atoms with Crippen LogP contribution in [0.1, 0.15) is 37.3 Å². The summed E-state index contributed by atoms with van der Waals surface area (Å²) in [5.74, 6) is 2.48. The van der Waals surface area contributed by atoms with Crippen molar-refractivity contribution >= 4 is 0 Å². The molecule has 3 rings (SSSR count). The van der Waals surface area contributed by atoms with E-state index in [1.165, 1.54) is 11.1 Å². The van der Waals surface area contributed by atoms with Gasteiger partial charge in [-0.3, -0.25) is 0 Å². The molecule has 1 fully saturated rings. The first-order valence-electron chi connectivity index (χ1n) is 6.41. The Balaban J connectivity index is 1.98. The number of benzene rings is 1. The minimum absolute atomic E-state index is 0.280. The number of fused-ring (bicyclic) bond motifs is 1. The molecule has 0 bridgehead atoms. The van der Waals surface area contributed by atoms with E-state index >= 15 is 0 Å². The number of ether oxygens (including phenoxy) is 2. The maximum absolute atomic E-state index is 5.94. The second kappa shape index (κ2) is 3.91. The van der Waals surface area contributed by atoms with Crippen LogP contribution in [0.25, 0.3) is 0 Å². The van der Waals surface area contributed by atoms with Crippen molar-refractivity contribution in [2.24, 2.45) is 5.73 Å². The molecule has 1 aliphatic heterocycles. The van der Waals surface area contributed by atoms with Crippen LogP contribution >= 0.6 is 0 Å². The fourth-order valence-electron chi connectivity index (χ4n) is 2.60. The van der Waals surface area contributed by atoms with Crippen LogP contribution in [0.3, 0.4) is 0 Å². The van der Waals surface area contributed by atoms with E-state index < -0.39 is 0 Å².